The molecule has 0 saturated carbocycles. The van der Waals surface area contributed by atoms with E-state index in [2.05, 4.69) is 4.98 Å². The Hall–Kier alpha value is -1.77. The molecule has 0 radical (unpaired) electrons. The molecule has 0 unspecified atom stereocenters. The number of nitrogens with zero attached hydrogens (tertiary/aromatic N) is 2. The molecule has 0 fully saturated rings. The molecule has 2 aromatic heterocycles. The second-order valence-corrected chi connectivity index (χ2v) is 3.58. The van der Waals surface area contributed by atoms with Gasteiger partial charge in [-0.25, -0.2) is 4.57 Å². The van der Waals surface area contributed by atoms with Crippen molar-refractivity contribution in [1.29, 1.82) is 0 Å². The van der Waals surface area contributed by atoms with Gasteiger partial charge in [-0.3, -0.25) is 9.37 Å². The molecule has 2 heterocycles. The Morgan fingerprint density at radius 3 is 2.56 bits per heavy atom. The molecule has 0 aliphatic carbocycles. The maximum atomic E-state index is 12.0. The van der Waals surface area contributed by atoms with Crippen LogP contribution in [0.2, 0.25) is 0 Å². The lowest BCUT2D eigenvalue weighted by atomic mass is 10.2. The molecule has 0 bridgehead atoms. The predicted octanol–water partition coefficient (Wildman–Crippen LogP) is 2.40. The summed E-state index contributed by atoms with van der Waals surface area (Å²) in [5, 5.41) is 0. The fourth-order valence-corrected chi connectivity index (χ4v) is 1.55. The quantitative estimate of drug-likeness (QED) is 0.718. The summed E-state index contributed by atoms with van der Waals surface area (Å²) < 4.78 is 14.0. The molecule has 0 atom stereocenters. The Balaban J connectivity index is 2.13. The highest BCUT2D eigenvalue weighted by molar-refractivity contribution is 5.56. The smallest absolute Gasteiger partial charge is 0.169 e. The summed E-state index contributed by atoms with van der Waals surface area (Å²) in [7, 11) is 0. The molecule has 2 nitrogen and oxygen atoms in total. The van der Waals surface area contributed by atoms with E-state index in [1.54, 1.807) is 6.20 Å². The molecule has 82 valence electrons. The minimum Gasteiger partial charge on any atom is -0.256 e. The van der Waals surface area contributed by atoms with Crippen LogP contribution in [0, 0.1) is 0 Å². The molecule has 0 N–H and O–H groups in total. The van der Waals surface area contributed by atoms with Crippen LogP contribution in [0.1, 0.15) is 6.42 Å². The summed E-state index contributed by atoms with van der Waals surface area (Å²) in [6.07, 6.45) is 6.26. The highest BCUT2D eigenvalue weighted by atomic mass is 19.1. The molecule has 0 amide bonds. The summed E-state index contributed by atoms with van der Waals surface area (Å²) in [4.78, 5) is 4.27. The van der Waals surface area contributed by atoms with Crippen LogP contribution in [0.3, 0.4) is 0 Å². The van der Waals surface area contributed by atoms with Crippen molar-refractivity contribution < 1.29 is 8.96 Å². The van der Waals surface area contributed by atoms with Crippen LogP contribution in [-0.4, -0.2) is 11.7 Å². The van der Waals surface area contributed by atoms with Gasteiger partial charge >= 0.3 is 0 Å². The molecular formula is C13H14FN2+. The Morgan fingerprint density at radius 1 is 1.12 bits per heavy atom. The van der Waals surface area contributed by atoms with Crippen molar-refractivity contribution in [3.05, 3.63) is 48.9 Å². The number of aromatic nitrogens is 2. The molecule has 2 aromatic rings. The molecule has 0 aromatic carbocycles. The number of hydrogen-bond donors (Lipinski definition) is 0. The Bertz CT molecular complexity index is 425. The molecule has 0 spiro atoms. The number of aryl methyl sites for hydroxylation is 1. The van der Waals surface area contributed by atoms with Crippen molar-refractivity contribution >= 4 is 0 Å². The zero-order valence-electron chi connectivity index (χ0n) is 9.01. The first-order chi connectivity index (χ1) is 7.90. The van der Waals surface area contributed by atoms with Gasteiger partial charge in [0.05, 0.1) is 12.4 Å². The maximum Gasteiger partial charge on any atom is 0.169 e. The Morgan fingerprint density at radius 2 is 1.94 bits per heavy atom. The van der Waals surface area contributed by atoms with Gasteiger partial charge in [0.25, 0.3) is 0 Å². The fourth-order valence-electron chi connectivity index (χ4n) is 1.55. The molecule has 0 saturated heterocycles. The molecular weight excluding hydrogens is 203 g/mol. The largest absolute Gasteiger partial charge is 0.256 e. The normalized spacial score (nSPS) is 10.3. The van der Waals surface area contributed by atoms with E-state index in [1.165, 1.54) is 0 Å². The number of halogens is 1. The molecule has 0 aliphatic heterocycles. The minimum absolute atomic E-state index is 0.269. The monoisotopic (exact) mass is 217 g/mol. The molecule has 0 aliphatic rings. The Kier molecular flexibility index (Phi) is 3.59. The summed E-state index contributed by atoms with van der Waals surface area (Å²) >= 11 is 0. The number of alkyl halides is 1. The Labute approximate surface area is 94.4 Å². The standard InChI is InChI=1S/C13H14FN2/c14-7-3-9-16-10-5-12(6-11-16)13-4-1-2-8-15-13/h1-2,4-6,8,10-11H,3,7,9H2/q+1. The SMILES string of the molecule is FCCC[n+]1ccc(-c2ccccn2)cc1. The van der Waals surface area contributed by atoms with Crippen LogP contribution in [-0.2, 0) is 6.54 Å². The summed E-state index contributed by atoms with van der Waals surface area (Å²) in [6, 6.07) is 9.84. The van der Waals surface area contributed by atoms with Gasteiger partial charge in [-0.05, 0) is 12.1 Å². The van der Waals surface area contributed by atoms with E-state index < -0.39 is 0 Å². The zero-order valence-corrected chi connectivity index (χ0v) is 9.01. The second-order valence-electron chi connectivity index (χ2n) is 3.58. The third kappa shape index (κ3) is 2.63. The van der Waals surface area contributed by atoms with Crippen molar-refractivity contribution in [2.24, 2.45) is 0 Å². The predicted molar refractivity (Wildman–Crippen MR) is 60.5 cm³/mol. The van der Waals surface area contributed by atoms with E-state index in [0.29, 0.717) is 6.42 Å². The average Bonchev–Trinajstić information content (AvgIpc) is 2.38. The van der Waals surface area contributed by atoms with E-state index in [9.17, 15) is 4.39 Å². The van der Waals surface area contributed by atoms with Gasteiger partial charge in [-0.1, -0.05) is 6.07 Å². The fraction of sp³-hybridized carbons (Fsp3) is 0.231. The first kappa shape index (κ1) is 10.7. The van der Waals surface area contributed by atoms with Gasteiger partial charge in [0.1, 0.15) is 0 Å². The maximum absolute atomic E-state index is 12.0. The summed E-state index contributed by atoms with van der Waals surface area (Å²) in [5.41, 5.74) is 2.04. The van der Waals surface area contributed by atoms with Crippen LogP contribution >= 0.6 is 0 Å². The molecule has 2 rings (SSSR count). The number of pyridine rings is 2. The third-order valence-corrected chi connectivity index (χ3v) is 2.40. The highest BCUT2D eigenvalue weighted by Gasteiger charge is 2.02. The summed E-state index contributed by atoms with van der Waals surface area (Å²) in [5.74, 6) is 0. The van der Waals surface area contributed by atoms with Gasteiger partial charge in [0.2, 0.25) is 0 Å². The van der Waals surface area contributed by atoms with Gasteiger partial charge in [0.15, 0.2) is 18.9 Å². The van der Waals surface area contributed by atoms with Gasteiger partial charge in [0, 0.05) is 30.3 Å². The second kappa shape index (κ2) is 5.35. The van der Waals surface area contributed by atoms with Crippen LogP contribution in [0.25, 0.3) is 11.3 Å². The lowest BCUT2D eigenvalue weighted by Gasteiger charge is -1.99. The lowest BCUT2D eigenvalue weighted by molar-refractivity contribution is -0.697. The van der Waals surface area contributed by atoms with Crippen molar-refractivity contribution in [3.8, 4) is 11.3 Å². The zero-order chi connectivity index (χ0) is 11.2. The third-order valence-electron chi connectivity index (χ3n) is 2.40. The van der Waals surface area contributed by atoms with Crippen molar-refractivity contribution in [2.75, 3.05) is 6.67 Å². The van der Waals surface area contributed by atoms with Gasteiger partial charge in [-0.15, -0.1) is 0 Å². The topological polar surface area (TPSA) is 16.8 Å². The van der Waals surface area contributed by atoms with Crippen molar-refractivity contribution in [3.63, 3.8) is 0 Å². The van der Waals surface area contributed by atoms with Crippen molar-refractivity contribution in [1.82, 2.24) is 4.98 Å². The first-order valence-corrected chi connectivity index (χ1v) is 5.36. The van der Waals surface area contributed by atoms with E-state index in [1.807, 2.05) is 47.3 Å². The van der Waals surface area contributed by atoms with Crippen LogP contribution in [0.15, 0.2) is 48.9 Å². The molecule has 3 heteroatoms. The first-order valence-electron chi connectivity index (χ1n) is 5.36. The minimum atomic E-state index is -0.269. The van der Waals surface area contributed by atoms with Gasteiger partial charge in [-0.2, -0.15) is 0 Å². The van der Waals surface area contributed by atoms with Crippen LogP contribution in [0.5, 0.6) is 0 Å². The van der Waals surface area contributed by atoms with Crippen molar-refractivity contribution in [2.45, 2.75) is 13.0 Å². The van der Waals surface area contributed by atoms with E-state index in [4.69, 9.17) is 0 Å². The van der Waals surface area contributed by atoms with Crippen LogP contribution < -0.4 is 4.57 Å². The van der Waals surface area contributed by atoms with E-state index in [-0.39, 0.29) is 6.67 Å². The average molecular weight is 217 g/mol. The highest BCUT2D eigenvalue weighted by Crippen LogP contribution is 2.13. The lowest BCUT2D eigenvalue weighted by Crippen LogP contribution is -2.32. The van der Waals surface area contributed by atoms with E-state index in [0.717, 1.165) is 17.8 Å². The molecule has 16 heavy (non-hydrogen) atoms. The number of rotatable bonds is 4. The van der Waals surface area contributed by atoms with Crippen LogP contribution in [0.4, 0.5) is 4.39 Å². The summed E-state index contributed by atoms with van der Waals surface area (Å²) in [6.45, 7) is 0.452. The van der Waals surface area contributed by atoms with Gasteiger partial charge < -0.3 is 0 Å². The van der Waals surface area contributed by atoms with E-state index >= 15 is 0 Å². The number of hydrogen-bond acceptors (Lipinski definition) is 1.